The van der Waals surface area contributed by atoms with Crippen LogP contribution in [0.3, 0.4) is 0 Å². The molecule has 0 radical (unpaired) electrons. The molecule has 0 saturated carbocycles. The summed E-state index contributed by atoms with van der Waals surface area (Å²) in [6.07, 6.45) is 3.22. The summed E-state index contributed by atoms with van der Waals surface area (Å²) in [6.45, 7) is 3.67. The third-order valence-corrected chi connectivity index (χ3v) is 6.07. The molecule has 2 aromatic carbocycles. The molecule has 2 aliphatic rings. The highest BCUT2D eigenvalue weighted by atomic mass is 19.2. The Kier molecular flexibility index (Phi) is 5.41. The molecule has 0 spiro atoms. The Balaban J connectivity index is 1.45. The highest BCUT2D eigenvalue weighted by Crippen LogP contribution is 2.30. The molecule has 31 heavy (non-hydrogen) atoms. The molecular weight excluding hydrogens is 402 g/mol. The molecule has 2 fully saturated rings. The zero-order valence-electron chi connectivity index (χ0n) is 17.1. The number of H-pyrrole nitrogens is 1. The molecular formula is C23H24F2N4O2. The van der Waals surface area contributed by atoms with Crippen LogP contribution < -0.4 is 5.32 Å². The molecule has 6 nitrogen and oxygen atoms in total. The molecule has 1 amide bonds. The molecule has 3 heterocycles. The number of nitrogens with zero attached hydrogens (tertiary/aromatic N) is 2. The molecule has 162 valence electrons. The van der Waals surface area contributed by atoms with Gasteiger partial charge in [-0.15, -0.1) is 0 Å². The van der Waals surface area contributed by atoms with Gasteiger partial charge in [-0.05, 0) is 67.7 Å². The van der Waals surface area contributed by atoms with Crippen LogP contribution in [0.2, 0.25) is 0 Å². The molecule has 1 unspecified atom stereocenters. The number of hydrogen-bond acceptors (Lipinski definition) is 4. The number of fused-ring (bicyclic) bond motifs is 1. The number of aromatic amines is 1. The number of amides is 1. The number of likely N-dealkylation sites (tertiary alicyclic amines) is 1. The lowest BCUT2D eigenvalue weighted by Crippen LogP contribution is -2.39. The fourth-order valence-electron chi connectivity index (χ4n) is 4.24. The van der Waals surface area contributed by atoms with Gasteiger partial charge in [-0.25, -0.2) is 8.78 Å². The number of nitrogens with one attached hydrogen (secondary N) is 2. The Hall–Kier alpha value is -2.84. The fraction of sp³-hybridized carbons (Fsp3) is 0.391. The lowest BCUT2D eigenvalue weighted by atomic mass is 9.99. The van der Waals surface area contributed by atoms with Gasteiger partial charge in [0.1, 0.15) is 0 Å². The topological polar surface area (TPSA) is 70.2 Å². The predicted molar refractivity (Wildman–Crippen MR) is 113 cm³/mol. The third-order valence-electron chi connectivity index (χ3n) is 6.07. The highest BCUT2D eigenvalue weighted by molar-refractivity contribution is 6.05. The van der Waals surface area contributed by atoms with E-state index in [0.717, 1.165) is 37.9 Å². The first-order valence-electron chi connectivity index (χ1n) is 10.7. The maximum Gasteiger partial charge on any atom is 0.272 e. The molecule has 0 aliphatic carbocycles. The normalized spacial score (nSPS) is 19.0. The molecule has 2 N–H and O–H groups in total. The van der Waals surface area contributed by atoms with Crippen molar-refractivity contribution in [3.63, 3.8) is 0 Å². The van der Waals surface area contributed by atoms with Crippen molar-refractivity contribution in [2.45, 2.75) is 31.9 Å². The van der Waals surface area contributed by atoms with E-state index in [2.05, 4.69) is 20.4 Å². The van der Waals surface area contributed by atoms with Crippen molar-refractivity contribution in [2.75, 3.05) is 26.2 Å². The first-order valence-corrected chi connectivity index (χ1v) is 10.7. The number of halogens is 2. The number of carbonyl (C=O) groups is 1. The highest BCUT2D eigenvalue weighted by Gasteiger charge is 2.22. The van der Waals surface area contributed by atoms with Crippen LogP contribution in [0, 0.1) is 11.6 Å². The van der Waals surface area contributed by atoms with Crippen molar-refractivity contribution in [2.24, 2.45) is 0 Å². The summed E-state index contributed by atoms with van der Waals surface area (Å²) in [5.41, 5.74) is 2.31. The van der Waals surface area contributed by atoms with Crippen molar-refractivity contribution in [1.82, 2.24) is 20.4 Å². The van der Waals surface area contributed by atoms with Crippen LogP contribution in [0.25, 0.3) is 22.0 Å². The Bertz CT molecular complexity index is 1120. The van der Waals surface area contributed by atoms with Crippen molar-refractivity contribution in [3.8, 4) is 11.1 Å². The third kappa shape index (κ3) is 4.05. The van der Waals surface area contributed by atoms with Crippen LogP contribution in [-0.4, -0.2) is 53.3 Å². The van der Waals surface area contributed by atoms with E-state index in [9.17, 15) is 13.6 Å². The number of benzene rings is 2. The minimum atomic E-state index is -0.888. The Morgan fingerprint density at radius 1 is 1.23 bits per heavy atom. The van der Waals surface area contributed by atoms with E-state index < -0.39 is 11.6 Å². The van der Waals surface area contributed by atoms with Gasteiger partial charge in [0.05, 0.1) is 11.6 Å². The summed E-state index contributed by atoms with van der Waals surface area (Å²) in [7, 11) is 0. The van der Waals surface area contributed by atoms with Gasteiger partial charge in [0, 0.05) is 30.6 Å². The smallest absolute Gasteiger partial charge is 0.272 e. The van der Waals surface area contributed by atoms with Gasteiger partial charge in [0.15, 0.2) is 17.3 Å². The number of ether oxygens (including phenoxy) is 1. The predicted octanol–water partition coefficient (Wildman–Crippen LogP) is 3.62. The largest absolute Gasteiger partial charge is 0.376 e. The van der Waals surface area contributed by atoms with Gasteiger partial charge in [0.25, 0.3) is 5.91 Å². The van der Waals surface area contributed by atoms with Crippen molar-refractivity contribution in [3.05, 3.63) is 53.2 Å². The van der Waals surface area contributed by atoms with Gasteiger partial charge < -0.3 is 10.1 Å². The summed E-state index contributed by atoms with van der Waals surface area (Å²) < 4.78 is 34.4. The molecule has 2 aliphatic heterocycles. The van der Waals surface area contributed by atoms with Crippen molar-refractivity contribution < 1.29 is 18.3 Å². The van der Waals surface area contributed by atoms with Crippen LogP contribution >= 0.6 is 0 Å². The van der Waals surface area contributed by atoms with Crippen LogP contribution in [0.5, 0.6) is 0 Å². The summed E-state index contributed by atoms with van der Waals surface area (Å²) >= 11 is 0. The second-order valence-corrected chi connectivity index (χ2v) is 8.25. The first kappa shape index (κ1) is 20.1. The zero-order valence-corrected chi connectivity index (χ0v) is 17.1. The number of hydrogen-bond donors (Lipinski definition) is 2. The van der Waals surface area contributed by atoms with E-state index in [1.54, 1.807) is 24.3 Å². The number of rotatable bonds is 6. The van der Waals surface area contributed by atoms with Gasteiger partial charge >= 0.3 is 0 Å². The van der Waals surface area contributed by atoms with Gasteiger partial charge in [-0.2, -0.15) is 5.10 Å². The summed E-state index contributed by atoms with van der Waals surface area (Å²) in [5, 5.41) is 10.3. The van der Waals surface area contributed by atoms with E-state index in [-0.39, 0.29) is 23.3 Å². The van der Waals surface area contributed by atoms with Crippen LogP contribution in [-0.2, 0) is 11.3 Å². The molecule has 8 heteroatoms. The maximum absolute atomic E-state index is 14.7. The van der Waals surface area contributed by atoms with E-state index in [4.69, 9.17) is 4.74 Å². The average Bonchev–Trinajstić information content (AvgIpc) is 3.38. The summed E-state index contributed by atoms with van der Waals surface area (Å²) in [5.74, 6) is -2.08. The molecule has 2 saturated heterocycles. The van der Waals surface area contributed by atoms with E-state index in [1.165, 1.54) is 6.07 Å². The van der Waals surface area contributed by atoms with Crippen LogP contribution in [0.4, 0.5) is 8.78 Å². The number of aromatic nitrogens is 2. The Morgan fingerprint density at radius 2 is 2.03 bits per heavy atom. The standard InChI is InChI=1S/C23H24F2N4O2/c24-19-10-14(13-29-6-1-2-7-29)9-17(21(19)25)15-3-4-20-18(11-15)22(28-27-20)23(30)26-12-16-5-8-31-16/h3-4,9-11,16H,1-2,5-8,12-13H2,(H,26,30)(H,27,28). The quantitative estimate of drug-likeness (QED) is 0.632. The van der Waals surface area contributed by atoms with E-state index in [0.29, 0.717) is 36.2 Å². The number of carbonyl (C=O) groups excluding carboxylic acids is 1. The first-order chi connectivity index (χ1) is 15.1. The molecule has 0 bridgehead atoms. The van der Waals surface area contributed by atoms with Crippen LogP contribution in [0.1, 0.15) is 35.3 Å². The monoisotopic (exact) mass is 426 g/mol. The average molecular weight is 426 g/mol. The van der Waals surface area contributed by atoms with Gasteiger partial charge in [-0.1, -0.05) is 6.07 Å². The second-order valence-electron chi connectivity index (χ2n) is 8.25. The minimum absolute atomic E-state index is 0.0418. The Morgan fingerprint density at radius 3 is 2.77 bits per heavy atom. The van der Waals surface area contributed by atoms with E-state index >= 15 is 0 Å². The lowest BCUT2D eigenvalue weighted by Gasteiger charge is -2.26. The summed E-state index contributed by atoms with van der Waals surface area (Å²) in [6, 6.07) is 8.10. The van der Waals surface area contributed by atoms with Gasteiger partial charge in [0.2, 0.25) is 0 Å². The van der Waals surface area contributed by atoms with Crippen LogP contribution in [0.15, 0.2) is 30.3 Å². The summed E-state index contributed by atoms with van der Waals surface area (Å²) in [4.78, 5) is 14.8. The molecule has 1 atom stereocenters. The lowest BCUT2D eigenvalue weighted by molar-refractivity contribution is -0.0473. The SMILES string of the molecule is O=C(NCC1CCO1)c1n[nH]c2ccc(-c3cc(CN4CCCC4)cc(F)c3F)cc12. The van der Waals surface area contributed by atoms with Gasteiger partial charge in [-0.3, -0.25) is 14.8 Å². The van der Waals surface area contributed by atoms with Crippen molar-refractivity contribution >= 4 is 16.8 Å². The molecule has 1 aromatic heterocycles. The second kappa shape index (κ2) is 8.36. The molecule has 3 aromatic rings. The fourth-order valence-corrected chi connectivity index (χ4v) is 4.24. The maximum atomic E-state index is 14.7. The minimum Gasteiger partial charge on any atom is -0.376 e. The zero-order chi connectivity index (χ0) is 21.4. The molecule has 5 rings (SSSR count). The van der Waals surface area contributed by atoms with E-state index in [1.807, 2.05) is 0 Å². The van der Waals surface area contributed by atoms with Crippen molar-refractivity contribution in [1.29, 1.82) is 0 Å². The Labute approximate surface area is 178 Å².